The van der Waals surface area contributed by atoms with E-state index < -0.39 is 0 Å². The van der Waals surface area contributed by atoms with Gasteiger partial charge in [0.1, 0.15) is 0 Å². The van der Waals surface area contributed by atoms with Gasteiger partial charge in [-0.2, -0.15) is 0 Å². The van der Waals surface area contributed by atoms with Crippen LogP contribution in [0.25, 0.3) is 0 Å². The van der Waals surface area contributed by atoms with Crippen LogP contribution >= 0.6 is 0 Å². The van der Waals surface area contributed by atoms with Crippen molar-refractivity contribution in [2.75, 3.05) is 7.05 Å². The molecule has 1 amide bonds. The predicted octanol–water partition coefficient (Wildman–Crippen LogP) is 3.54. The predicted molar refractivity (Wildman–Crippen MR) is 84.9 cm³/mol. The van der Waals surface area contributed by atoms with Gasteiger partial charge in [-0.25, -0.2) is 0 Å². The van der Waals surface area contributed by atoms with E-state index in [1.165, 1.54) is 5.56 Å². The molecule has 0 spiro atoms. The van der Waals surface area contributed by atoms with Gasteiger partial charge in [-0.3, -0.25) is 9.78 Å². The van der Waals surface area contributed by atoms with E-state index in [0.717, 1.165) is 17.5 Å². The molecule has 1 aromatic heterocycles. The van der Waals surface area contributed by atoms with Gasteiger partial charge in [0.25, 0.3) is 0 Å². The number of amides is 1. The van der Waals surface area contributed by atoms with E-state index in [0.29, 0.717) is 6.42 Å². The molecule has 3 heteroatoms. The Morgan fingerprint density at radius 3 is 2.57 bits per heavy atom. The van der Waals surface area contributed by atoms with Gasteiger partial charge >= 0.3 is 0 Å². The Bertz CT molecular complexity index is 578. The van der Waals surface area contributed by atoms with Crippen LogP contribution in [-0.4, -0.2) is 22.8 Å². The van der Waals surface area contributed by atoms with Crippen molar-refractivity contribution in [3.63, 3.8) is 0 Å². The maximum atomic E-state index is 12.3. The van der Waals surface area contributed by atoms with Crippen LogP contribution in [0.5, 0.6) is 0 Å². The first-order chi connectivity index (χ1) is 10.1. The summed E-state index contributed by atoms with van der Waals surface area (Å²) in [5, 5.41) is 0. The van der Waals surface area contributed by atoms with Crippen molar-refractivity contribution in [3.05, 3.63) is 65.5 Å². The molecule has 2 aromatic rings. The number of benzene rings is 1. The number of aryl methyl sites for hydroxylation is 2. The summed E-state index contributed by atoms with van der Waals surface area (Å²) in [4.78, 5) is 18.2. The molecule has 110 valence electrons. The summed E-state index contributed by atoms with van der Waals surface area (Å²) in [6, 6.07) is 12.3. The highest BCUT2D eigenvalue weighted by molar-refractivity contribution is 5.76. The number of carbonyl (C=O) groups is 1. The number of hydrogen-bond donors (Lipinski definition) is 0. The second kappa shape index (κ2) is 7.02. The Balaban J connectivity index is 1.94. The first-order valence-electron chi connectivity index (χ1n) is 7.29. The zero-order chi connectivity index (χ0) is 15.2. The molecule has 0 saturated carbocycles. The van der Waals surface area contributed by atoms with Crippen molar-refractivity contribution in [2.24, 2.45) is 0 Å². The Morgan fingerprint density at radius 1 is 1.24 bits per heavy atom. The lowest BCUT2D eigenvalue weighted by Gasteiger charge is -2.25. The fraction of sp³-hybridized carbons (Fsp3) is 0.333. The monoisotopic (exact) mass is 282 g/mol. The van der Waals surface area contributed by atoms with Gasteiger partial charge in [-0.05, 0) is 37.5 Å². The number of pyridine rings is 1. The van der Waals surface area contributed by atoms with Gasteiger partial charge in [0.15, 0.2) is 0 Å². The molecule has 1 aromatic carbocycles. The van der Waals surface area contributed by atoms with E-state index >= 15 is 0 Å². The van der Waals surface area contributed by atoms with E-state index in [4.69, 9.17) is 0 Å². The summed E-state index contributed by atoms with van der Waals surface area (Å²) in [5.74, 6) is 0.159. The fourth-order valence-electron chi connectivity index (χ4n) is 2.26. The molecule has 0 N–H and O–H groups in total. The second-order valence-corrected chi connectivity index (χ2v) is 5.45. The standard InChI is InChI=1S/C18H22N2O/c1-14-6-9-17(10-7-14)15(2)20(3)18(21)11-8-16-5-4-12-19-13-16/h4-7,9-10,12-13,15H,8,11H2,1-3H3. The average Bonchev–Trinajstić information content (AvgIpc) is 2.53. The molecule has 0 saturated heterocycles. The number of aromatic nitrogens is 1. The van der Waals surface area contributed by atoms with Crippen LogP contribution in [-0.2, 0) is 11.2 Å². The lowest BCUT2D eigenvalue weighted by Crippen LogP contribution is -2.29. The minimum absolute atomic E-state index is 0.0898. The third-order valence-electron chi connectivity index (χ3n) is 3.88. The summed E-state index contributed by atoms with van der Waals surface area (Å²) in [6.07, 6.45) is 4.81. The highest BCUT2D eigenvalue weighted by atomic mass is 16.2. The Labute approximate surface area is 126 Å². The van der Waals surface area contributed by atoms with Crippen molar-refractivity contribution in [1.82, 2.24) is 9.88 Å². The number of nitrogens with zero attached hydrogens (tertiary/aromatic N) is 2. The van der Waals surface area contributed by atoms with E-state index in [1.54, 1.807) is 6.20 Å². The van der Waals surface area contributed by atoms with Gasteiger partial charge in [-0.15, -0.1) is 0 Å². The first kappa shape index (κ1) is 15.2. The van der Waals surface area contributed by atoms with Gasteiger partial charge < -0.3 is 4.90 Å². The minimum Gasteiger partial charge on any atom is -0.339 e. The summed E-state index contributed by atoms with van der Waals surface area (Å²) in [5.41, 5.74) is 3.50. The number of rotatable bonds is 5. The average molecular weight is 282 g/mol. The molecule has 0 bridgehead atoms. The van der Waals surface area contributed by atoms with Gasteiger partial charge in [0.05, 0.1) is 6.04 Å². The zero-order valence-electron chi connectivity index (χ0n) is 12.9. The van der Waals surface area contributed by atoms with Crippen molar-refractivity contribution < 1.29 is 4.79 Å². The minimum atomic E-state index is 0.0898. The third kappa shape index (κ3) is 4.15. The quantitative estimate of drug-likeness (QED) is 0.840. The summed E-state index contributed by atoms with van der Waals surface area (Å²) in [7, 11) is 1.87. The molecule has 21 heavy (non-hydrogen) atoms. The van der Waals surface area contributed by atoms with Crippen molar-refractivity contribution >= 4 is 5.91 Å². The van der Waals surface area contributed by atoms with Gasteiger partial charge in [0.2, 0.25) is 5.91 Å². The maximum absolute atomic E-state index is 12.3. The van der Waals surface area contributed by atoms with Crippen LogP contribution in [0.4, 0.5) is 0 Å². The first-order valence-corrected chi connectivity index (χ1v) is 7.29. The maximum Gasteiger partial charge on any atom is 0.223 e. The molecule has 1 unspecified atom stereocenters. The summed E-state index contributed by atoms with van der Waals surface area (Å²) < 4.78 is 0. The Kier molecular flexibility index (Phi) is 5.09. The van der Waals surface area contributed by atoms with Crippen LogP contribution in [0.3, 0.4) is 0 Å². The molecule has 0 aliphatic heterocycles. The molecular formula is C18H22N2O. The normalized spacial score (nSPS) is 12.0. The number of carbonyl (C=O) groups excluding carboxylic acids is 1. The molecule has 2 rings (SSSR count). The molecule has 0 radical (unpaired) electrons. The van der Waals surface area contributed by atoms with Crippen molar-refractivity contribution in [2.45, 2.75) is 32.7 Å². The lowest BCUT2D eigenvalue weighted by molar-refractivity contribution is -0.131. The molecule has 0 aliphatic rings. The molecule has 0 aliphatic carbocycles. The molecule has 3 nitrogen and oxygen atoms in total. The van der Waals surface area contributed by atoms with Crippen LogP contribution in [0.1, 0.15) is 36.1 Å². The van der Waals surface area contributed by atoms with Gasteiger partial charge in [-0.1, -0.05) is 35.9 Å². The Hall–Kier alpha value is -2.16. The number of hydrogen-bond acceptors (Lipinski definition) is 2. The van der Waals surface area contributed by atoms with E-state index in [-0.39, 0.29) is 11.9 Å². The van der Waals surface area contributed by atoms with Crippen LogP contribution in [0.15, 0.2) is 48.8 Å². The Morgan fingerprint density at radius 2 is 1.95 bits per heavy atom. The van der Waals surface area contributed by atoms with E-state index in [1.807, 2.05) is 30.3 Å². The summed E-state index contributed by atoms with van der Waals surface area (Å²) in [6.45, 7) is 4.13. The van der Waals surface area contributed by atoms with Crippen LogP contribution in [0, 0.1) is 6.92 Å². The zero-order valence-corrected chi connectivity index (χ0v) is 12.9. The molecular weight excluding hydrogens is 260 g/mol. The highest BCUT2D eigenvalue weighted by Gasteiger charge is 2.16. The van der Waals surface area contributed by atoms with Crippen LogP contribution < -0.4 is 0 Å². The van der Waals surface area contributed by atoms with E-state index in [9.17, 15) is 4.79 Å². The fourth-order valence-corrected chi connectivity index (χ4v) is 2.26. The molecule has 1 heterocycles. The van der Waals surface area contributed by atoms with Crippen molar-refractivity contribution in [1.29, 1.82) is 0 Å². The lowest BCUT2D eigenvalue weighted by atomic mass is 10.0. The summed E-state index contributed by atoms with van der Waals surface area (Å²) >= 11 is 0. The largest absolute Gasteiger partial charge is 0.339 e. The smallest absolute Gasteiger partial charge is 0.223 e. The van der Waals surface area contributed by atoms with Crippen molar-refractivity contribution in [3.8, 4) is 0 Å². The topological polar surface area (TPSA) is 33.2 Å². The second-order valence-electron chi connectivity index (χ2n) is 5.45. The van der Waals surface area contributed by atoms with E-state index in [2.05, 4.69) is 43.1 Å². The highest BCUT2D eigenvalue weighted by Crippen LogP contribution is 2.20. The van der Waals surface area contributed by atoms with Gasteiger partial charge in [0, 0.05) is 25.9 Å². The molecule has 0 fully saturated rings. The third-order valence-corrected chi connectivity index (χ3v) is 3.88. The van der Waals surface area contributed by atoms with Crippen LogP contribution in [0.2, 0.25) is 0 Å². The molecule has 1 atom stereocenters. The SMILES string of the molecule is Cc1ccc(C(C)N(C)C(=O)CCc2cccnc2)cc1.